The average molecular weight is 343 g/mol. The zero-order chi connectivity index (χ0) is 17.8. The molecule has 0 spiro atoms. The van der Waals surface area contributed by atoms with Crippen LogP contribution < -0.4 is 4.74 Å². The first kappa shape index (κ1) is 17.5. The molecule has 1 aromatic heterocycles. The van der Waals surface area contributed by atoms with Gasteiger partial charge in [-0.05, 0) is 24.1 Å². The van der Waals surface area contributed by atoms with Crippen molar-refractivity contribution in [1.29, 1.82) is 0 Å². The molecule has 0 saturated carbocycles. The minimum absolute atomic E-state index is 0.163. The lowest BCUT2D eigenvalue weighted by Gasteiger charge is -2.33. The van der Waals surface area contributed by atoms with Crippen molar-refractivity contribution in [2.45, 2.75) is 25.3 Å². The van der Waals surface area contributed by atoms with Gasteiger partial charge >= 0.3 is 0 Å². The lowest BCUT2D eigenvalue weighted by atomic mass is 9.95. The van der Waals surface area contributed by atoms with E-state index >= 15 is 0 Å². The smallest absolute Gasteiger partial charge is 0.223 e. The third-order valence-corrected chi connectivity index (χ3v) is 4.80. The molecule has 1 aromatic carbocycles. The Balaban J connectivity index is 1.67. The van der Waals surface area contributed by atoms with Gasteiger partial charge in [0, 0.05) is 38.6 Å². The topological polar surface area (TPSA) is 56.6 Å². The summed E-state index contributed by atoms with van der Waals surface area (Å²) in [7, 11) is 5.27. The summed E-state index contributed by atoms with van der Waals surface area (Å²) in [5, 5.41) is 4.35. The van der Waals surface area contributed by atoms with Crippen LogP contribution in [0.2, 0.25) is 0 Å². The summed E-state index contributed by atoms with van der Waals surface area (Å²) < 4.78 is 12.4. The maximum absolute atomic E-state index is 12.7. The predicted octanol–water partition coefficient (Wildman–Crippen LogP) is 2.13. The number of aromatic nitrogens is 2. The molecule has 0 N–H and O–H groups in total. The summed E-state index contributed by atoms with van der Waals surface area (Å²) in [4.78, 5) is 14.7. The van der Waals surface area contributed by atoms with Crippen molar-refractivity contribution in [3.63, 3.8) is 0 Å². The van der Waals surface area contributed by atoms with Crippen LogP contribution in [-0.4, -0.2) is 48.0 Å². The molecule has 25 heavy (non-hydrogen) atoms. The van der Waals surface area contributed by atoms with Gasteiger partial charge in [-0.2, -0.15) is 5.10 Å². The quantitative estimate of drug-likeness (QED) is 0.806. The van der Waals surface area contributed by atoms with Gasteiger partial charge in [-0.3, -0.25) is 9.48 Å². The first-order valence-corrected chi connectivity index (χ1v) is 8.52. The molecular weight excluding hydrogens is 318 g/mol. The number of carbonyl (C=O) groups is 1. The molecule has 0 radical (unpaired) electrons. The molecule has 0 bridgehead atoms. The highest BCUT2D eigenvalue weighted by molar-refractivity contribution is 5.77. The highest BCUT2D eigenvalue weighted by Gasteiger charge is 2.30. The van der Waals surface area contributed by atoms with E-state index in [1.165, 1.54) is 5.56 Å². The van der Waals surface area contributed by atoms with Crippen molar-refractivity contribution in [2.75, 3.05) is 27.4 Å². The molecule has 3 rings (SSSR count). The molecule has 1 atom stereocenters. The monoisotopic (exact) mass is 343 g/mol. The van der Waals surface area contributed by atoms with Crippen LogP contribution in [0.25, 0.3) is 0 Å². The van der Waals surface area contributed by atoms with Gasteiger partial charge in [0.25, 0.3) is 0 Å². The van der Waals surface area contributed by atoms with Crippen LogP contribution in [0, 0.1) is 0 Å². The Bertz CT molecular complexity index is 741. The normalized spacial score (nSPS) is 16.6. The van der Waals surface area contributed by atoms with Gasteiger partial charge in [-0.1, -0.05) is 12.1 Å². The second kappa shape index (κ2) is 7.70. The Labute approximate surface area is 148 Å². The maximum Gasteiger partial charge on any atom is 0.223 e. The van der Waals surface area contributed by atoms with Gasteiger partial charge in [0.05, 0.1) is 32.2 Å². The molecule has 0 fully saturated rings. The number of amides is 1. The van der Waals surface area contributed by atoms with Crippen molar-refractivity contribution < 1.29 is 14.3 Å². The molecule has 2 aromatic rings. The van der Waals surface area contributed by atoms with Gasteiger partial charge in [-0.15, -0.1) is 0 Å². The second-order valence-corrected chi connectivity index (χ2v) is 6.45. The van der Waals surface area contributed by atoms with Crippen LogP contribution in [0.4, 0.5) is 0 Å². The molecule has 1 aliphatic heterocycles. The van der Waals surface area contributed by atoms with Gasteiger partial charge in [0.15, 0.2) is 0 Å². The number of rotatable bonds is 6. The Kier molecular flexibility index (Phi) is 5.38. The molecule has 1 amide bonds. The summed E-state index contributed by atoms with van der Waals surface area (Å²) in [6.45, 7) is 1.89. The average Bonchev–Trinajstić information content (AvgIpc) is 3.01. The summed E-state index contributed by atoms with van der Waals surface area (Å²) in [5.74, 6) is 1.17. The SMILES string of the molecule is COC[C@@H]1CN(C(=O)CCc2cccc(OC)c2)Cc2c1cnn2C. The van der Waals surface area contributed by atoms with Crippen molar-refractivity contribution in [1.82, 2.24) is 14.7 Å². The maximum atomic E-state index is 12.7. The lowest BCUT2D eigenvalue weighted by Crippen LogP contribution is -2.40. The van der Waals surface area contributed by atoms with E-state index in [1.54, 1.807) is 14.2 Å². The summed E-state index contributed by atoms with van der Waals surface area (Å²) in [6.07, 6.45) is 3.09. The first-order chi connectivity index (χ1) is 12.1. The number of aryl methyl sites for hydroxylation is 2. The molecule has 134 valence electrons. The molecular formula is C19H25N3O3. The molecule has 6 nitrogen and oxygen atoms in total. The van der Waals surface area contributed by atoms with Gasteiger partial charge < -0.3 is 14.4 Å². The largest absolute Gasteiger partial charge is 0.497 e. The molecule has 0 unspecified atom stereocenters. The van der Waals surface area contributed by atoms with E-state index < -0.39 is 0 Å². The molecule has 0 aliphatic carbocycles. The highest BCUT2D eigenvalue weighted by atomic mass is 16.5. The van der Waals surface area contributed by atoms with Gasteiger partial charge in [-0.25, -0.2) is 0 Å². The van der Waals surface area contributed by atoms with Crippen LogP contribution in [0.5, 0.6) is 5.75 Å². The van der Waals surface area contributed by atoms with Crippen LogP contribution >= 0.6 is 0 Å². The molecule has 6 heteroatoms. The van der Waals surface area contributed by atoms with E-state index in [2.05, 4.69) is 5.10 Å². The minimum Gasteiger partial charge on any atom is -0.497 e. The number of hydrogen-bond donors (Lipinski definition) is 0. The fourth-order valence-corrected chi connectivity index (χ4v) is 3.40. The third-order valence-electron chi connectivity index (χ3n) is 4.80. The zero-order valence-electron chi connectivity index (χ0n) is 15.1. The number of carbonyl (C=O) groups excluding carboxylic acids is 1. The van der Waals surface area contributed by atoms with Crippen molar-refractivity contribution in [3.05, 3.63) is 47.3 Å². The fraction of sp³-hybridized carbons (Fsp3) is 0.474. The Morgan fingerprint density at radius 2 is 2.20 bits per heavy atom. The molecule has 1 aliphatic rings. The van der Waals surface area contributed by atoms with Crippen molar-refractivity contribution in [3.8, 4) is 5.75 Å². The van der Waals surface area contributed by atoms with E-state index in [4.69, 9.17) is 9.47 Å². The Hall–Kier alpha value is -2.34. The van der Waals surface area contributed by atoms with Gasteiger partial charge in [0.1, 0.15) is 5.75 Å². The fourth-order valence-electron chi connectivity index (χ4n) is 3.40. The second-order valence-electron chi connectivity index (χ2n) is 6.45. The number of hydrogen-bond acceptors (Lipinski definition) is 4. The van der Waals surface area contributed by atoms with E-state index in [0.29, 0.717) is 32.5 Å². The standard InChI is InChI=1S/C19H25N3O3/c1-21-18-12-22(11-15(13-24-2)17(18)10-20-21)19(23)8-7-14-5-4-6-16(9-14)25-3/h4-6,9-10,15H,7-8,11-13H2,1-3H3/t15-/m0/s1. The minimum atomic E-state index is 0.163. The third kappa shape index (κ3) is 3.85. The molecule has 0 saturated heterocycles. The number of methoxy groups -OCH3 is 2. The highest BCUT2D eigenvalue weighted by Crippen LogP contribution is 2.28. The number of benzene rings is 1. The van der Waals surface area contributed by atoms with Crippen LogP contribution in [0.3, 0.4) is 0 Å². The number of fused-ring (bicyclic) bond motifs is 1. The summed E-state index contributed by atoms with van der Waals surface area (Å²) in [5.41, 5.74) is 3.41. The van der Waals surface area contributed by atoms with Crippen LogP contribution in [0.1, 0.15) is 29.2 Å². The van der Waals surface area contributed by atoms with Crippen molar-refractivity contribution in [2.24, 2.45) is 7.05 Å². The Morgan fingerprint density at radius 1 is 1.36 bits per heavy atom. The van der Waals surface area contributed by atoms with Crippen LogP contribution in [0.15, 0.2) is 30.5 Å². The number of nitrogens with zero attached hydrogens (tertiary/aromatic N) is 3. The summed E-state index contributed by atoms with van der Waals surface area (Å²) in [6, 6.07) is 7.88. The molecule has 2 heterocycles. The van der Waals surface area contributed by atoms with E-state index in [-0.39, 0.29) is 11.8 Å². The zero-order valence-corrected chi connectivity index (χ0v) is 15.1. The van der Waals surface area contributed by atoms with Crippen LogP contribution in [-0.2, 0) is 29.5 Å². The first-order valence-electron chi connectivity index (χ1n) is 8.52. The Morgan fingerprint density at radius 3 is 2.96 bits per heavy atom. The van der Waals surface area contributed by atoms with E-state index in [9.17, 15) is 4.79 Å². The predicted molar refractivity (Wildman–Crippen MR) is 94.6 cm³/mol. The lowest BCUT2D eigenvalue weighted by molar-refractivity contribution is -0.132. The summed E-state index contributed by atoms with van der Waals surface area (Å²) >= 11 is 0. The van der Waals surface area contributed by atoms with Gasteiger partial charge in [0.2, 0.25) is 5.91 Å². The number of ether oxygens (including phenoxy) is 2. The van der Waals surface area contributed by atoms with E-state index in [0.717, 1.165) is 17.0 Å². The van der Waals surface area contributed by atoms with E-state index in [1.807, 2.05) is 47.1 Å². The van der Waals surface area contributed by atoms with Crippen molar-refractivity contribution >= 4 is 5.91 Å².